The normalized spacial score (nSPS) is 41.2. The molecule has 2 atom stereocenters. The highest BCUT2D eigenvalue weighted by Gasteiger charge is 2.52. The van der Waals surface area contributed by atoms with Crippen LogP contribution in [0.15, 0.2) is 4.99 Å². The molecule has 2 aliphatic heterocycles. The van der Waals surface area contributed by atoms with Crippen LogP contribution in [-0.4, -0.2) is 37.2 Å². The fourth-order valence-electron chi connectivity index (χ4n) is 1.83. The van der Waals surface area contributed by atoms with Gasteiger partial charge in [-0.05, 0) is 6.92 Å². The SMILES string of the molecule is CN=C1NC(=O)C2(CCOC2C)N1. The Morgan fingerprint density at radius 3 is 2.92 bits per heavy atom. The van der Waals surface area contributed by atoms with Gasteiger partial charge in [-0.2, -0.15) is 0 Å². The molecule has 0 radical (unpaired) electrons. The zero-order valence-corrected chi connectivity index (χ0v) is 7.76. The first-order chi connectivity index (χ1) is 6.19. The molecule has 2 N–H and O–H groups in total. The molecule has 1 amide bonds. The zero-order chi connectivity index (χ0) is 9.47. The molecule has 2 aliphatic rings. The maximum Gasteiger partial charge on any atom is 0.255 e. The van der Waals surface area contributed by atoms with Crippen molar-refractivity contribution in [1.82, 2.24) is 10.6 Å². The van der Waals surface area contributed by atoms with E-state index >= 15 is 0 Å². The van der Waals surface area contributed by atoms with Gasteiger partial charge in [-0.3, -0.25) is 15.1 Å². The summed E-state index contributed by atoms with van der Waals surface area (Å²) in [6.07, 6.45) is 0.616. The third-order valence-electron chi connectivity index (χ3n) is 2.76. The van der Waals surface area contributed by atoms with Crippen molar-refractivity contribution < 1.29 is 9.53 Å². The number of ether oxygens (including phenoxy) is 1. The molecule has 5 heteroatoms. The number of hydrogen-bond acceptors (Lipinski definition) is 3. The molecule has 2 heterocycles. The lowest BCUT2D eigenvalue weighted by Gasteiger charge is -2.23. The number of amides is 1. The fourth-order valence-corrected chi connectivity index (χ4v) is 1.83. The molecule has 2 fully saturated rings. The van der Waals surface area contributed by atoms with Gasteiger partial charge in [0, 0.05) is 20.1 Å². The summed E-state index contributed by atoms with van der Waals surface area (Å²) in [5.74, 6) is 0.514. The topological polar surface area (TPSA) is 62.7 Å². The summed E-state index contributed by atoms with van der Waals surface area (Å²) in [5, 5.41) is 5.77. The number of rotatable bonds is 0. The minimum Gasteiger partial charge on any atom is -0.375 e. The van der Waals surface area contributed by atoms with Crippen LogP contribution in [0.2, 0.25) is 0 Å². The monoisotopic (exact) mass is 183 g/mol. The first kappa shape index (κ1) is 8.50. The maximum atomic E-state index is 11.6. The van der Waals surface area contributed by atoms with Crippen molar-refractivity contribution in [1.29, 1.82) is 0 Å². The number of guanidine groups is 1. The van der Waals surface area contributed by atoms with Crippen LogP contribution in [-0.2, 0) is 9.53 Å². The predicted molar refractivity (Wildman–Crippen MR) is 47.4 cm³/mol. The largest absolute Gasteiger partial charge is 0.375 e. The van der Waals surface area contributed by atoms with Crippen LogP contribution in [0.1, 0.15) is 13.3 Å². The summed E-state index contributed by atoms with van der Waals surface area (Å²) < 4.78 is 5.38. The fraction of sp³-hybridized carbons (Fsp3) is 0.750. The van der Waals surface area contributed by atoms with E-state index in [0.29, 0.717) is 19.0 Å². The minimum atomic E-state index is -0.575. The Morgan fingerprint density at radius 1 is 1.69 bits per heavy atom. The molecule has 2 unspecified atom stereocenters. The minimum absolute atomic E-state index is 0.0295. The molecule has 5 nitrogen and oxygen atoms in total. The molecule has 0 aromatic heterocycles. The van der Waals surface area contributed by atoms with Gasteiger partial charge < -0.3 is 10.1 Å². The molecule has 2 rings (SSSR count). The highest BCUT2D eigenvalue weighted by Crippen LogP contribution is 2.28. The third-order valence-corrected chi connectivity index (χ3v) is 2.76. The van der Waals surface area contributed by atoms with Gasteiger partial charge in [0.25, 0.3) is 5.91 Å². The van der Waals surface area contributed by atoms with E-state index in [4.69, 9.17) is 4.74 Å². The van der Waals surface area contributed by atoms with Gasteiger partial charge >= 0.3 is 0 Å². The van der Waals surface area contributed by atoms with Crippen molar-refractivity contribution in [3.8, 4) is 0 Å². The summed E-state index contributed by atoms with van der Waals surface area (Å²) in [6.45, 7) is 2.52. The van der Waals surface area contributed by atoms with Gasteiger partial charge in [0.05, 0.1) is 6.10 Å². The van der Waals surface area contributed by atoms with Crippen LogP contribution < -0.4 is 10.6 Å². The van der Waals surface area contributed by atoms with Crippen LogP contribution in [0.5, 0.6) is 0 Å². The molecule has 0 saturated carbocycles. The molecule has 0 aromatic carbocycles. The van der Waals surface area contributed by atoms with Gasteiger partial charge in [0.15, 0.2) is 5.96 Å². The van der Waals surface area contributed by atoms with Crippen LogP contribution in [0.4, 0.5) is 0 Å². The van der Waals surface area contributed by atoms with Crippen LogP contribution in [0, 0.1) is 0 Å². The van der Waals surface area contributed by atoms with E-state index in [1.165, 1.54) is 0 Å². The van der Waals surface area contributed by atoms with Gasteiger partial charge in [0.1, 0.15) is 5.54 Å². The first-order valence-electron chi connectivity index (χ1n) is 4.37. The van der Waals surface area contributed by atoms with E-state index in [2.05, 4.69) is 15.6 Å². The van der Waals surface area contributed by atoms with E-state index in [0.717, 1.165) is 0 Å². The van der Waals surface area contributed by atoms with E-state index < -0.39 is 5.54 Å². The highest BCUT2D eigenvalue weighted by molar-refractivity contribution is 6.09. The lowest BCUT2D eigenvalue weighted by atomic mass is 9.93. The standard InChI is InChI=1S/C8H13N3O2/c1-5-8(3-4-13-5)6(12)10-7(9-2)11-8/h5H,3-4H2,1-2H3,(H2,9,10,11,12). The summed E-state index contributed by atoms with van der Waals surface area (Å²) in [7, 11) is 1.64. The van der Waals surface area contributed by atoms with Gasteiger partial charge in [-0.25, -0.2) is 0 Å². The Morgan fingerprint density at radius 2 is 2.46 bits per heavy atom. The maximum absolute atomic E-state index is 11.6. The average molecular weight is 183 g/mol. The smallest absolute Gasteiger partial charge is 0.255 e. The van der Waals surface area contributed by atoms with Crippen LogP contribution in [0.3, 0.4) is 0 Å². The van der Waals surface area contributed by atoms with Crippen molar-refractivity contribution >= 4 is 11.9 Å². The summed E-state index contributed by atoms with van der Waals surface area (Å²) in [5.41, 5.74) is -0.575. The molecular weight excluding hydrogens is 170 g/mol. The zero-order valence-electron chi connectivity index (χ0n) is 7.76. The number of carbonyl (C=O) groups excluding carboxylic acids is 1. The van der Waals surface area contributed by atoms with E-state index in [-0.39, 0.29) is 12.0 Å². The number of hydrogen-bond donors (Lipinski definition) is 2. The second-order valence-electron chi connectivity index (χ2n) is 3.39. The molecule has 72 valence electrons. The van der Waals surface area contributed by atoms with E-state index in [9.17, 15) is 4.79 Å². The lowest BCUT2D eigenvalue weighted by Crippen LogP contribution is -2.52. The quantitative estimate of drug-likeness (QED) is 0.519. The van der Waals surface area contributed by atoms with Crippen LogP contribution in [0.25, 0.3) is 0 Å². The number of aliphatic imine (C=N–C) groups is 1. The van der Waals surface area contributed by atoms with Crippen molar-refractivity contribution in [3.05, 3.63) is 0 Å². The molecule has 0 bridgehead atoms. The molecule has 1 spiro atoms. The Hall–Kier alpha value is -1.10. The van der Waals surface area contributed by atoms with E-state index in [1.807, 2.05) is 6.92 Å². The van der Waals surface area contributed by atoms with E-state index in [1.54, 1.807) is 7.05 Å². The molecule has 2 saturated heterocycles. The Balaban J connectivity index is 2.29. The number of nitrogens with zero attached hydrogens (tertiary/aromatic N) is 1. The molecule has 0 aliphatic carbocycles. The molecule has 13 heavy (non-hydrogen) atoms. The third kappa shape index (κ3) is 1.03. The van der Waals surface area contributed by atoms with Crippen molar-refractivity contribution in [2.45, 2.75) is 25.0 Å². The van der Waals surface area contributed by atoms with Crippen molar-refractivity contribution in [3.63, 3.8) is 0 Å². The summed E-state index contributed by atoms with van der Waals surface area (Å²) in [6, 6.07) is 0. The lowest BCUT2D eigenvalue weighted by molar-refractivity contribution is -0.125. The van der Waals surface area contributed by atoms with Gasteiger partial charge in [-0.15, -0.1) is 0 Å². The molecule has 0 aromatic rings. The van der Waals surface area contributed by atoms with Gasteiger partial charge in [-0.1, -0.05) is 0 Å². The Kier molecular flexibility index (Phi) is 1.76. The van der Waals surface area contributed by atoms with Gasteiger partial charge in [0.2, 0.25) is 0 Å². The highest BCUT2D eigenvalue weighted by atomic mass is 16.5. The van der Waals surface area contributed by atoms with Crippen molar-refractivity contribution in [2.75, 3.05) is 13.7 Å². The Labute approximate surface area is 76.6 Å². The van der Waals surface area contributed by atoms with Crippen LogP contribution >= 0.6 is 0 Å². The number of nitrogens with one attached hydrogen (secondary N) is 2. The molecular formula is C8H13N3O2. The summed E-state index contributed by atoms with van der Waals surface area (Å²) >= 11 is 0. The predicted octanol–water partition coefficient (Wildman–Crippen LogP) is -0.761. The first-order valence-corrected chi connectivity index (χ1v) is 4.37. The second-order valence-corrected chi connectivity index (χ2v) is 3.39. The second kappa shape index (κ2) is 2.70. The number of carbonyl (C=O) groups is 1. The summed E-state index contributed by atoms with van der Waals surface area (Å²) in [4.78, 5) is 15.6. The van der Waals surface area contributed by atoms with Crippen molar-refractivity contribution in [2.24, 2.45) is 4.99 Å². The average Bonchev–Trinajstić information content (AvgIpc) is 2.62. The Bertz CT molecular complexity index is 277.